The quantitative estimate of drug-likeness (QED) is 0.598. The van der Waals surface area contributed by atoms with Crippen molar-refractivity contribution in [2.45, 2.75) is 20.3 Å². The molecule has 108 valence electrons. The highest BCUT2D eigenvalue weighted by atomic mass is 35.5. The van der Waals surface area contributed by atoms with Crippen molar-refractivity contribution >= 4 is 34.9 Å². The smallest absolute Gasteiger partial charge is 0.353 e. The van der Waals surface area contributed by atoms with Crippen molar-refractivity contribution in [1.29, 1.82) is 0 Å². The Morgan fingerprint density at radius 2 is 2.00 bits per heavy atom. The highest BCUT2D eigenvalue weighted by molar-refractivity contribution is 6.40. The second-order valence-electron chi connectivity index (χ2n) is 3.48. The van der Waals surface area contributed by atoms with Crippen LogP contribution >= 0.6 is 11.6 Å². The number of benzene rings is 1. The first kappa shape index (κ1) is 11.9. The van der Waals surface area contributed by atoms with Crippen LogP contribution in [-0.4, -0.2) is 30.9 Å². The Hall–Kier alpha value is -1.88. The van der Waals surface area contributed by atoms with Crippen molar-refractivity contribution in [3.8, 4) is 0 Å². The van der Waals surface area contributed by atoms with E-state index in [-0.39, 0.29) is 47.8 Å². The lowest BCUT2D eigenvalue weighted by Crippen LogP contribution is -2.22. The lowest BCUT2D eigenvalue weighted by atomic mass is 10.2. The molecule has 0 atom stereocenters. The number of carbonyl (C=O) groups is 2. The van der Waals surface area contributed by atoms with Gasteiger partial charge in [0.05, 0.1) is 29.4 Å². The third-order valence-corrected chi connectivity index (χ3v) is 2.21. The summed E-state index contributed by atoms with van der Waals surface area (Å²) < 4.78 is 32.7. The molecule has 0 aliphatic heterocycles. The molecule has 0 saturated carbocycles. The molecule has 0 aromatic heterocycles. The second-order valence-corrected chi connectivity index (χ2v) is 3.86. The topological polar surface area (TPSA) is 65.0 Å². The molecule has 0 saturated heterocycles. The maximum atomic E-state index is 11.9. The molecule has 20 heavy (non-hydrogen) atoms. The fraction of sp³-hybridized carbons (Fsp3) is 0.357. The molecule has 0 fully saturated rings. The van der Waals surface area contributed by atoms with Gasteiger partial charge in [-0.2, -0.15) is 0 Å². The number of nitrogens with zero attached hydrogens (tertiary/aromatic N) is 1. The molecule has 0 amide bonds. The Labute approximate surface area is 126 Å². The molecular formula is C14H16ClNO4. The monoisotopic (exact) mass is 300 g/mol. The summed E-state index contributed by atoms with van der Waals surface area (Å²) in [5, 5.41) is -0.195. The Morgan fingerprint density at radius 1 is 1.30 bits per heavy atom. The lowest BCUT2D eigenvalue weighted by molar-refractivity contribution is -0.143. The molecule has 1 aromatic rings. The van der Waals surface area contributed by atoms with Crippen LogP contribution in [-0.2, 0) is 19.1 Å². The molecule has 0 bridgehead atoms. The molecule has 1 rings (SSSR count). The van der Waals surface area contributed by atoms with Crippen LogP contribution in [0.25, 0.3) is 0 Å². The summed E-state index contributed by atoms with van der Waals surface area (Å²) >= 11 is 5.80. The SMILES string of the molecule is [2H]c1cc([2H])c(N=C(CC(=O)OCC)C(=O)OCC)c([2H])c1Cl. The molecule has 0 heterocycles. The number of hydrogen-bond donors (Lipinski definition) is 0. The second kappa shape index (κ2) is 8.32. The van der Waals surface area contributed by atoms with Gasteiger partial charge >= 0.3 is 11.9 Å². The number of ether oxygens (including phenoxy) is 2. The van der Waals surface area contributed by atoms with E-state index in [9.17, 15) is 9.59 Å². The average molecular weight is 301 g/mol. The standard InChI is InChI=1S/C14H16ClNO4/c1-3-19-13(17)9-12(14(18)20-4-2)16-11-7-5-6-10(15)8-11/h5-8H,3-4,9H2,1-2H3/i6D,7D,8D. The molecule has 5 nitrogen and oxygen atoms in total. The Morgan fingerprint density at radius 3 is 2.65 bits per heavy atom. The van der Waals surface area contributed by atoms with Gasteiger partial charge in [-0.05, 0) is 32.0 Å². The summed E-state index contributed by atoms with van der Waals surface area (Å²) in [4.78, 5) is 27.4. The van der Waals surface area contributed by atoms with Crippen LogP contribution in [0, 0.1) is 0 Å². The Balaban J connectivity index is 3.31. The van der Waals surface area contributed by atoms with Crippen molar-refractivity contribution in [3.05, 3.63) is 29.2 Å². The van der Waals surface area contributed by atoms with Gasteiger partial charge in [0.2, 0.25) is 0 Å². The zero-order chi connectivity index (χ0) is 17.6. The van der Waals surface area contributed by atoms with Gasteiger partial charge in [0.1, 0.15) is 5.71 Å². The third-order valence-electron chi connectivity index (χ3n) is 2.01. The van der Waals surface area contributed by atoms with Gasteiger partial charge < -0.3 is 9.47 Å². The van der Waals surface area contributed by atoms with Gasteiger partial charge in [0.15, 0.2) is 0 Å². The maximum Gasteiger partial charge on any atom is 0.353 e. The van der Waals surface area contributed by atoms with Gasteiger partial charge in [0, 0.05) is 5.02 Å². The summed E-state index contributed by atoms with van der Waals surface area (Å²) in [6, 6.07) is 0.292. The van der Waals surface area contributed by atoms with Gasteiger partial charge in [-0.3, -0.25) is 4.79 Å². The Kier molecular flexibility index (Phi) is 4.95. The molecule has 0 aliphatic rings. The average Bonchev–Trinajstić information content (AvgIpc) is 2.48. The molecular weight excluding hydrogens is 282 g/mol. The zero-order valence-corrected chi connectivity index (χ0v) is 11.9. The fourth-order valence-corrected chi connectivity index (χ4v) is 1.40. The van der Waals surface area contributed by atoms with E-state index in [4.69, 9.17) is 25.2 Å². The van der Waals surface area contributed by atoms with Crippen molar-refractivity contribution < 1.29 is 23.2 Å². The van der Waals surface area contributed by atoms with Crippen LogP contribution in [0.3, 0.4) is 0 Å². The molecule has 0 N–H and O–H groups in total. The molecule has 0 aliphatic carbocycles. The van der Waals surface area contributed by atoms with Crippen molar-refractivity contribution in [1.82, 2.24) is 0 Å². The fourth-order valence-electron chi connectivity index (χ4n) is 1.26. The van der Waals surface area contributed by atoms with Crippen molar-refractivity contribution in [3.63, 3.8) is 0 Å². The number of halogens is 1. The minimum absolute atomic E-state index is 0.0779. The van der Waals surface area contributed by atoms with Gasteiger partial charge in [-0.25, -0.2) is 9.79 Å². The van der Waals surface area contributed by atoms with E-state index >= 15 is 0 Å². The maximum absolute atomic E-state index is 11.9. The van der Waals surface area contributed by atoms with E-state index in [0.717, 1.165) is 6.07 Å². The van der Waals surface area contributed by atoms with E-state index < -0.39 is 18.4 Å². The summed E-state index contributed by atoms with van der Waals surface area (Å²) in [7, 11) is 0. The van der Waals surface area contributed by atoms with Crippen LogP contribution in [0.1, 0.15) is 24.4 Å². The lowest BCUT2D eigenvalue weighted by Gasteiger charge is -2.06. The summed E-state index contributed by atoms with van der Waals surface area (Å²) in [6.07, 6.45) is -0.453. The molecule has 0 radical (unpaired) electrons. The first-order chi connectivity index (χ1) is 10.8. The minimum Gasteiger partial charge on any atom is -0.466 e. The summed E-state index contributed by atoms with van der Waals surface area (Å²) in [5.41, 5.74) is -0.501. The number of esters is 2. The molecule has 6 heteroatoms. The van der Waals surface area contributed by atoms with Crippen molar-refractivity contribution in [2.75, 3.05) is 13.2 Å². The number of rotatable bonds is 6. The van der Waals surface area contributed by atoms with Crippen LogP contribution < -0.4 is 0 Å². The zero-order valence-electron chi connectivity index (χ0n) is 14.2. The van der Waals surface area contributed by atoms with E-state index in [1.807, 2.05) is 0 Å². The minimum atomic E-state index is -0.842. The van der Waals surface area contributed by atoms with Gasteiger partial charge in [0.25, 0.3) is 0 Å². The summed E-state index contributed by atoms with van der Waals surface area (Å²) in [5.74, 6) is -1.52. The van der Waals surface area contributed by atoms with Gasteiger partial charge in [-0.15, -0.1) is 0 Å². The highest BCUT2D eigenvalue weighted by Gasteiger charge is 2.18. The first-order valence-corrected chi connectivity index (χ1v) is 6.36. The Bertz CT molecular complexity index is 649. The third kappa shape index (κ3) is 5.40. The van der Waals surface area contributed by atoms with Crippen LogP contribution in [0.4, 0.5) is 5.69 Å². The van der Waals surface area contributed by atoms with Crippen LogP contribution in [0.15, 0.2) is 29.2 Å². The predicted molar refractivity (Wildman–Crippen MR) is 76.4 cm³/mol. The number of hydrogen-bond acceptors (Lipinski definition) is 5. The first-order valence-electron chi connectivity index (χ1n) is 7.48. The van der Waals surface area contributed by atoms with E-state index in [1.54, 1.807) is 13.8 Å². The van der Waals surface area contributed by atoms with Crippen molar-refractivity contribution in [2.24, 2.45) is 4.99 Å². The molecule has 0 spiro atoms. The molecule has 0 unspecified atom stereocenters. The van der Waals surface area contributed by atoms with E-state index in [0.29, 0.717) is 0 Å². The number of aliphatic imine (C=N–C) groups is 1. The largest absolute Gasteiger partial charge is 0.466 e. The normalized spacial score (nSPS) is 13.2. The van der Waals surface area contributed by atoms with Gasteiger partial charge in [-0.1, -0.05) is 17.7 Å². The van der Waals surface area contributed by atoms with E-state index in [1.165, 1.54) is 0 Å². The van der Waals surface area contributed by atoms with Crippen LogP contribution in [0.5, 0.6) is 0 Å². The van der Waals surface area contributed by atoms with Crippen LogP contribution in [0.2, 0.25) is 5.02 Å². The summed E-state index contributed by atoms with van der Waals surface area (Å²) in [6.45, 7) is 3.43. The highest BCUT2D eigenvalue weighted by Crippen LogP contribution is 2.18. The number of carbonyl (C=O) groups excluding carboxylic acids is 2. The predicted octanol–water partition coefficient (Wildman–Crippen LogP) is 2.93. The van der Waals surface area contributed by atoms with E-state index in [2.05, 4.69) is 4.99 Å². The molecule has 1 aromatic carbocycles.